The Kier molecular flexibility index (Phi) is 5.60. The van der Waals surface area contributed by atoms with Gasteiger partial charge >= 0.3 is 0 Å². The summed E-state index contributed by atoms with van der Waals surface area (Å²) in [5, 5.41) is 2.96. The largest absolute Gasteiger partial charge is 0.354 e. The molecule has 2 aromatic rings. The van der Waals surface area contributed by atoms with E-state index in [1.54, 1.807) is 6.07 Å². The Morgan fingerprint density at radius 3 is 2.56 bits per heavy atom. The van der Waals surface area contributed by atoms with E-state index in [4.69, 9.17) is 0 Å². The maximum absolute atomic E-state index is 12.4. The topological polar surface area (TPSA) is 61.4 Å². The van der Waals surface area contributed by atoms with Crippen LogP contribution in [0.4, 0.5) is 5.82 Å². The summed E-state index contributed by atoms with van der Waals surface area (Å²) in [7, 11) is 2.12. The molecule has 0 radical (unpaired) electrons. The number of anilines is 1. The van der Waals surface area contributed by atoms with Gasteiger partial charge in [0.2, 0.25) is 0 Å². The molecule has 132 valence electrons. The number of nitrogens with zero attached hydrogens (tertiary/aromatic N) is 4. The molecule has 1 amide bonds. The van der Waals surface area contributed by atoms with Gasteiger partial charge in [0, 0.05) is 38.8 Å². The molecular formula is C19H25N5O. The summed E-state index contributed by atoms with van der Waals surface area (Å²) in [6, 6.07) is 11.9. The van der Waals surface area contributed by atoms with Gasteiger partial charge in [0.1, 0.15) is 17.3 Å². The van der Waals surface area contributed by atoms with E-state index in [9.17, 15) is 4.79 Å². The Morgan fingerprint density at radius 1 is 1.12 bits per heavy atom. The van der Waals surface area contributed by atoms with Crippen LogP contribution in [0, 0.1) is 6.92 Å². The second-order valence-electron chi connectivity index (χ2n) is 6.44. The van der Waals surface area contributed by atoms with Crippen molar-refractivity contribution in [3.8, 4) is 0 Å². The molecule has 0 saturated carbocycles. The maximum Gasteiger partial charge on any atom is 0.270 e. The number of piperazine rings is 1. The third-order valence-electron chi connectivity index (χ3n) is 4.43. The highest BCUT2D eigenvalue weighted by molar-refractivity contribution is 5.92. The summed E-state index contributed by atoms with van der Waals surface area (Å²) in [6.45, 7) is 6.27. The van der Waals surface area contributed by atoms with Crippen molar-refractivity contribution in [3.63, 3.8) is 0 Å². The van der Waals surface area contributed by atoms with Gasteiger partial charge < -0.3 is 15.1 Å². The molecule has 1 aromatic carbocycles. The van der Waals surface area contributed by atoms with Gasteiger partial charge in [-0.2, -0.15) is 0 Å². The summed E-state index contributed by atoms with van der Waals surface area (Å²) in [5.74, 6) is 1.33. The highest BCUT2D eigenvalue weighted by atomic mass is 16.1. The fourth-order valence-corrected chi connectivity index (χ4v) is 2.92. The Labute approximate surface area is 148 Å². The lowest BCUT2D eigenvalue weighted by atomic mass is 10.1. The fourth-order valence-electron chi connectivity index (χ4n) is 2.92. The van der Waals surface area contributed by atoms with Crippen molar-refractivity contribution in [1.29, 1.82) is 0 Å². The first-order valence-electron chi connectivity index (χ1n) is 8.73. The summed E-state index contributed by atoms with van der Waals surface area (Å²) in [5.41, 5.74) is 1.65. The molecule has 1 aromatic heterocycles. The van der Waals surface area contributed by atoms with Crippen LogP contribution in [0.5, 0.6) is 0 Å². The predicted molar refractivity (Wildman–Crippen MR) is 99.0 cm³/mol. The summed E-state index contributed by atoms with van der Waals surface area (Å²) in [6.07, 6.45) is 0.808. The lowest BCUT2D eigenvalue weighted by Gasteiger charge is -2.33. The number of aryl methyl sites for hydroxylation is 1. The molecule has 6 nitrogen and oxygen atoms in total. The van der Waals surface area contributed by atoms with Crippen LogP contribution in [0.1, 0.15) is 21.9 Å². The van der Waals surface area contributed by atoms with Gasteiger partial charge in [0.15, 0.2) is 0 Å². The zero-order valence-electron chi connectivity index (χ0n) is 14.9. The van der Waals surface area contributed by atoms with Gasteiger partial charge in [0.25, 0.3) is 5.91 Å². The molecule has 6 heteroatoms. The van der Waals surface area contributed by atoms with Crippen molar-refractivity contribution in [2.24, 2.45) is 0 Å². The zero-order valence-corrected chi connectivity index (χ0v) is 14.9. The van der Waals surface area contributed by atoms with Crippen molar-refractivity contribution < 1.29 is 4.79 Å². The lowest BCUT2D eigenvalue weighted by Crippen LogP contribution is -2.45. The first-order chi connectivity index (χ1) is 12.1. The Balaban J connectivity index is 1.62. The predicted octanol–water partition coefficient (Wildman–Crippen LogP) is 1.51. The minimum absolute atomic E-state index is 0.142. The number of amides is 1. The first-order valence-corrected chi connectivity index (χ1v) is 8.73. The Morgan fingerprint density at radius 2 is 1.84 bits per heavy atom. The third kappa shape index (κ3) is 4.76. The van der Waals surface area contributed by atoms with Crippen LogP contribution in [0.15, 0.2) is 36.4 Å². The number of carbonyl (C=O) groups is 1. The third-order valence-corrected chi connectivity index (χ3v) is 4.43. The van der Waals surface area contributed by atoms with E-state index in [0.29, 0.717) is 18.1 Å². The normalized spacial score (nSPS) is 15.2. The second kappa shape index (κ2) is 8.07. The smallest absolute Gasteiger partial charge is 0.270 e. The molecule has 1 fully saturated rings. The molecule has 0 unspecified atom stereocenters. The van der Waals surface area contributed by atoms with Gasteiger partial charge in [-0.25, -0.2) is 9.97 Å². The minimum Gasteiger partial charge on any atom is -0.354 e. The van der Waals surface area contributed by atoms with Crippen LogP contribution in [0.2, 0.25) is 0 Å². The monoisotopic (exact) mass is 339 g/mol. The molecule has 1 saturated heterocycles. The lowest BCUT2D eigenvalue weighted by molar-refractivity contribution is 0.0948. The number of nitrogens with one attached hydrogen (secondary N) is 1. The first kappa shape index (κ1) is 17.4. The number of benzene rings is 1. The molecule has 0 atom stereocenters. The molecule has 1 aliphatic rings. The van der Waals surface area contributed by atoms with Crippen LogP contribution in [0.25, 0.3) is 0 Å². The quantitative estimate of drug-likeness (QED) is 0.895. The van der Waals surface area contributed by atoms with Crippen molar-refractivity contribution in [3.05, 3.63) is 53.5 Å². The van der Waals surface area contributed by atoms with E-state index in [0.717, 1.165) is 38.4 Å². The molecule has 0 bridgehead atoms. The van der Waals surface area contributed by atoms with Crippen LogP contribution in [-0.2, 0) is 6.42 Å². The molecule has 2 heterocycles. The van der Waals surface area contributed by atoms with E-state index >= 15 is 0 Å². The van der Waals surface area contributed by atoms with Gasteiger partial charge in [-0.1, -0.05) is 30.3 Å². The molecule has 0 spiro atoms. The van der Waals surface area contributed by atoms with E-state index < -0.39 is 0 Å². The average molecular weight is 339 g/mol. The molecule has 1 N–H and O–H groups in total. The molecular weight excluding hydrogens is 314 g/mol. The maximum atomic E-state index is 12.4. The number of hydrogen-bond acceptors (Lipinski definition) is 5. The summed E-state index contributed by atoms with van der Waals surface area (Å²) >= 11 is 0. The van der Waals surface area contributed by atoms with Crippen molar-refractivity contribution >= 4 is 11.7 Å². The molecule has 3 rings (SSSR count). The van der Waals surface area contributed by atoms with Gasteiger partial charge in [-0.3, -0.25) is 4.79 Å². The average Bonchev–Trinajstić information content (AvgIpc) is 2.62. The van der Waals surface area contributed by atoms with E-state index in [-0.39, 0.29) is 5.91 Å². The number of likely N-dealkylation sites (N-methyl/N-ethyl adjacent to an activating group) is 1. The SMILES string of the molecule is Cc1nc(C(=O)NCCc2ccccc2)cc(N2CCN(C)CC2)n1. The van der Waals surface area contributed by atoms with Gasteiger partial charge in [0.05, 0.1) is 0 Å². The molecule has 25 heavy (non-hydrogen) atoms. The van der Waals surface area contributed by atoms with Crippen LogP contribution >= 0.6 is 0 Å². The van der Waals surface area contributed by atoms with Gasteiger partial charge in [-0.15, -0.1) is 0 Å². The minimum atomic E-state index is -0.142. The van der Waals surface area contributed by atoms with Crippen molar-refractivity contribution in [1.82, 2.24) is 20.2 Å². The standard InChI is InChI=1S/C19H25N5O/c1-15-21-17(14-18(22-15)24-12-10-23(2)11-13-24)19(25)20-9-8-16-6-4-3-5-7-16/h3-7,14H,8-13H2,1-2H3,(H,20,25). The molecule has 0 aliphatic carbocycles. The van der Waals surface area contributed by atoms with Crippen LogP contribution in [0.3, 0.4) is 0 Å². The summed E-state index contributed by atoms with van der Waals surface area (Å²) < 4.78 is 0. The Hall–Kier alpha value is -2.47. The highest BCUT2D eigenvalue weighted by Crippen LogP contribution is 2.15. The number of rotatable bonds is 5. The highest BCUT2D eigenvalue weighted by Gasteiger charge is 2.18. The van der Waals surface area contributed by atoms with Crippen molar-refractivity contribution in [2.75, 3.05) is 44.7 Å². The second-order valence-corrected chi connectivity index (χ2v) is 6.44. The van der Waals surface area contributed by atoms with E-state index in [2.05, 4.69) is 44.3 Å². The van der Waals surface area contributed by atoms with Crippen LogP contribution < -0.4 is 10.2 Å². The van der Waals surface area contributed by atoms with E-state index in [1.165, 1.54) is 5.56 Å². The van der Waals surface area contributed by atoms with Gasteiger partial charge in [-0.05, 0) is 26.0 Å². The number of carbonyl (C=O) groups excluding carboxylic acids is 1. The molecule has 1 aliphatic heterocycles. The van der Waals surface area contributed by atoms with E-state index in [1.807, 2.05) is 25.1 Å². The fraction of sp³-hybridized carbons (Fsp3) is 0.421. The number of aromatic nitrogens is 2. The Bertz CT molecular complexity index is 711. The zero-order chi connectivity index (χ0) is 17.6. The van der Waals surface area contributed by atoms with Crippen LogP contribution in [-0.4, -0.2) is 60.5 Å². The number of hydrogen-bond donors (Lipinski definition) is 1. The summed E-state index contributed by atoms with van der Waals surface area (Å²) in [4.78, 5) is 25.8. The van der Waals surface area contributed by atoms with Crippen molar-refractivity contribution in [2.45, 2.75) is 13.3 Å².